The van der Waals surface area contributed by atoms with Crippen molar-refractivity contribution in [3.05, 3.63) is 163 Å². The summed E-state index contributed by atoms with van der Waals surface area (Å²) in [7, 11) is 0. The molecule has 0 aliphatic carbocycles. The molecule has 2 aromatic heterocycles. The first-order chi connectivity index (χ1) is 26.6. The van der Waals surface area contributed by atoms with E-state index in [4.69, 9.17) is 9.97 Å². The van der Waals surface area contributed by atoms with Gasteiger partial charge in [0.15, 0.2) is 0 Å². The third-order valence-electron chi connectivity index (χ3n) is 11.2. The smallest absolute Gasteiger partial charge is 0.352 e. The van der Waals surface area contributed by atoms with Gasteiger partial charge in [0.1, 0.15) is 0 Å². The van der Waals surface area contributed by atoms with E-state index >= 15 is 0 Å². The van der Waals surface area contributed by atoms with E-state index in [1.165, 1.54) is 33.5 Å². The number of aromatic nitrogens is 2. The molecule has 2 aliphatic heterocycles. The van der Waals surface area contributed by atoms with Crippen molar-refractivity contribution >= 4 is 57.2 Å². The van der Waals surface area contributed by atoms with Crippen LogP contribution in [0.2, 0.25) is 0 Å². The molecule has 5 aromatic carbocycles. The van der Waals surface area contributed by atoms with Crippen LogP contribution < -0.4 is 26.2 Å². The topological polar surface area (TPSA) is 32.3 Å². The van der Waals surface area contributed by atoms with Gasteiger partial charge in [-0.3, -0.25) is 0 Å². The maximum Gasteiger partial charge on any atom is 2.00 e. The monoisotopic (exact) mass is 907 g/mol. The predicted octanol–water partition coefficient (Wildman–Crippen LogP) is 11.0. The minimum Gasteiger partial charge on any atom is -0.352 e. The summed E-state index contributed by atoms with van der Waals surface area (Å²) in [5.41, 5.74) is 17.8. The average molecular weight is 908 g/mol. The summed E-state index contributed by atoms with van der Waals surface area (Å²) >= 11 is 0. The Morgan fingerprint density at radius 1 is 0.536 bits per heavy atom. The molecule has 278 valence electrons. The quantitative estimate of drug-likeness (QED) is 0.123. The van der Waals surface area contributed by atoms with Gasteiger partial charge in [0.05, 0.1) is 0 Å². The zero-order valence-electron chi connectivity index (χ0n) is 33.0. The number of rotatable bonds is 6. The molecule has 4 nitrogen and oxygen atoms in total. The molecule has 0 radical (unpaired) electrons. The Hall–Kier alpha value is -5.25. The number of hydrogen-bond donors (Lipinski definition) is 0. The van der Waals surface area contributed by atoms with Gasteiger partial charge in [0.2, 0.25) is 6.71 Å². The molecule has 0 N–H and O–H groups in total. The number of hydrogen-bond acceptors (Lipinski definition) is 4. The summed E-state index contributed by atoms with van der Waals surface area (Å²) in [6.45, 7) is 15.7. The average Bonchev–Trinajstić information content (AvgIpc) is 3.20. The number of nitrogens with zero attached hydrogens (tertiary/aromatic N) is 4. The number of para-hydroxylation sites is 2. The molecule has 0 amide bonds. The molecule has 4 heterocycles. The van der Waals surface area contributed by atoms with Gasteiger partial charge in [-0.25, -0.2) is 0 Å². The van der Waals surface area contributed by atoms with Crippen molar-refractivity contribution < 1.29 is 21.1 Å². The maximum absolute atomic E-state index is 4.89. The molecule has 0 spiro atoms. The van der Waals surface area contributed by atoms with Crippen molar-refractivity contribution in [1.82, 2.24) is 9.97 Å². The zero-order chi connectivity index (χ0) is 38.0. The van der Waals surface area contributed by atoms with Crippen molar-refractivity contribution in [2.45, 2.75) is 65.7 Å². The summed E-state index contributed by atoms with van der Waals surface area (Å²) < 4.78 is 0. The number of fused-ring (bicyclic) bond motifs is 4. The molecule has 9 rings (SSSR count). The molecule has 56 heavy (non-hydrogen) atoms. The predicted molar refractivity (Wildman–Crippen MR) is 231 cm³/mol. The third kappa shape index (κ3) is 6.50. The Balaban J connectivity index is 0.00000441. The number of anilines is 6. The van der Waals surface area contributed by atoms with E-state index < -0.39 is 0 Å². The molecule has 0 atom stereocenters. The van der Waals surface area contributed by atoms with E-state index in [2.05, 4.69) is 192 Å². The van der Waals surface area contributed by atoms with Crippen LogP contribution in [0.25, 0.3) is 22.5 Å². The Morgan fingerprint density at radius 2 is 0.964 bits per heavy atom. The van der Waals surface area contributed by atoms with Crippen LogP contribution in [0.3, 0.4) is 0 Å². The number of benzene rings is 5. The second-order valence-electron chi connectivity index (χ2n) is 16.6. The van der Waals surface area contributed by atoms with E-state index in [9.17, 15) is 0 Å². The van der Waals surface area contributed by atoms with Gasteiger partial charge < -0.3 is 19.8 Å². The maximum atomic E-state index is 4.89. The van der Waals surface area contributed by atoms with Crippen molar-refractivity contribution in [3.8, 4) is 22.5 Å². The second-order valence-corrected chi connectivity index (χ2v) is 16.6. The summed E-state index contributed by atoms with van der Waals surface area (Å²) in [6, 6.07) is 52.1. The van der Waals surface area contributed by atoms with Crippen LogP contribution in [0.4, 0.5) is 34.1 Å². The fraction of sp³-hybridized carbons (Fsp3) is 0.200. The zero-order valence-corrected chi connectivity index (χ0v) is 35.3. The van der Waals surface area contributed by atoms with E-state index in [0.29, 0.717) is 11.8 Å². The van der Waals surface area contributed by atoms with Gasteiger partial charge in [0.25, 0.3) is 0 Å². The molecule has 6 heteroatoms. The van der Waals surface area contributed by atoms with Crippen LogP contribution in [0, 0.1) is 12.1 Å². The van der Waals surface area contributed by atoms with Crippen LogP contribution in [0.1, 0.15) is 77.0 Å². The van der Waals surface area contributed by atoms with Crippen molar-refractivity contribution in [1.29, 1.82) is 0 Å². The third-order valence-corrected chi connectivity index (χ3v) is 11.2. The Labute approximate surface area is 347 Å². The van der Waals surface area contributed by atoms with Gasteiger partial charge in [-0.15, -0.1) is 58.5 Å². The van der Waals surface area contributed by atoms with Gasteiger partial charge in [-0.1, -0.05) is 108 Å². The summed E-state index contributed by atoms with van der Waals surface area (Å²) in [6.07, 6.45) is 3.86. The number of pyridine rings is 2. The van der Waals surface area contributed by atoms with Gasteiger partial charge in [-0.05, 0) is 99.6 Å². The molecule has 2 aliphatic rings. The van der Waals surface area contributed by atoms with Crippen molar-refractivity contribution in [2.75, 3.05) is 9.80 Å². The molecule has 0 saturated heterocycles. The summed E-state index contributed by atoms with van der Waals surface area (Å²) in [5.74, 6) is 0.786. The van der Waals surface area contributed by atoms with Crippen LogP contribution in [-0.4, -0.2) is 16.7 Å². The first-order valence-corrected chi connectivity index (χ1v) is 19.5. The second kappa shape index (κ2) is 14.7. The van der Waals surface area contributed by atoms with Crippen LogP contribution in [0.5, 0.6) is 0 Å². The first kappa shape index (κ1) is 37.7. The molecule has 0 bridgehead atoms. The Morgan fingerprint density at radius 3 is 1.36 bits per heavy atom. The van der Waals surface area contributed by atoms with E-state index in [1.807, 2.05) is 12.4 Å². The van der Waals surface area contributed by atoms with Crippen molar-refractivity contribution in [3.63, 3.8) is 0 Å². The summed E-state index contributed by atoms with van der Waals surface area (Å²) in [5, 5.41) is 0. The van der Waals surface area contributed by atoms with Gasteiger partial charge in [-0.2, -0.15) is 0 Å². The Bertz CT molecular complexity index is 2390. The largest absolute Gasteiger partial charge is 2.00 e. The normalized spacial score (nSPS) is 13.0. The standard InChI is InChI=1S/C50H45BN4.Pt/c1-32(2)34-22-24-52-43(28-34)36-18-20-45-41(26-36)51-42-27-37(44-29-35(33(3)4)23-25-53-44)19-21-46(42)55(40-16-12-9-13-17-40)48-31-38(50(5,6)7)30-47(49(48)51)54(45)39-14-10-8-11-15-39;/h8-25,28-33H,1-7H3;/q-2;+2. The van der Waals surface area contributed by atoms with Crippen molar-refractivity contribution in [2.24, 2.45) is 0 Å². The van der Waals surface area contributed by atoms with Gasteiger partial charge in [0, 0.05) is 35.1 Å². The molecule has 0 saturated carbocycles. The molecule has 0 unspecified atom stereocenters. The summed E-state index contributed by atoms with van der Waals surface area (Å²) in [4.78, 5) is 14.7. The van der Waals surface area contributed by atoms with E-state index in [0.717, 1.165) is 56.2 Å². The molecule has 0 fully saturated rings. The van der Waals surface area contributed by atoms with Crippen LogP contribution in [0.15, 0.2) is 134 Å². The molecule has 7 aromatic rings. The minimum absolute atomic E-state index is 0. The van der Waals surface area contributed by atoms with E-state index in [1.54, 1.807) is 0 Å². The fourth-order valence-electron chi connectivity index (χ4n) is 8.17. The fourth-order valence-corrected chi connectivity index (χ4v) is 8.17. The molecular formula is C50H45BN4Pt. The van der Waals surface area contributed by atoms with Gasteiger partial charge >= 0.3 is 21.1 Å². The van der Waals surface area contributed by atoms with Crippen LogP contribution in [-0.2, 0) is 26.5 Å². The first-order valence-electron chi connectivity index (χ1n) is 19.5. The van der Waals surface area contributed by atoms with E-state index in [-0.39, 0.29) is 33.2 Å². The SMILES string of the molecule is CC(C)c1ccnc(-c2[c-]c3c(cc2)N(c2ccccc2)c2cc(C(C)(C)C)cc4c2B3c2[c-]c(-c3cc(C(C)C)ccn3)ccc2N4c2ccccc2)c1.[Pt+2]. The molecular weight excluding hydrogens is 862 g/mol. The Kier molecular flexibility index (Phi) is 9.87. The van der Waals surface area contributed by atoms with Crippen LogP contribution >= 0.6 is 0 Å². The minimum atomic E-state index is -0.148.